The van der Waals surface area contributed by atoms with Gasteiger partial charge in [0.25, 0.3) is 0 Å². The normalized spacial score (nSPS) is 24.5. The molecule has 1 saturated heterocycles. The van der Waals surface area contributed by atoms with Crippen molar-refractivity contribution in [3.63, 3.8) is 0 Å². The molecule has 1 amide bonds. The van der Waals surface area contributed by atoms with Crippen LogP contribution in [0.4, 0.5) is 0 Å². The van der Waals surface area contributed by atoms with E-state index in [1.807, 2.05) is 0 Å². The zero-order chi connectivity index (χ0) is 9.47. The summed E-state index contributed by atoms with van der Waals surface area (Å²) in [5.74, 6) is -2.06. The topological polar surface area (TPSA) is 57.6 Å². The van der Waals surface area contributed by atoms with Crippen LogP contribution in [0.15, 0.2) is 0 Å². The summed E-state index contributed by atoms with van der Waals surface area (Å²) >= 11 is 0. The van der Waals surface area contributed by atoms with E-state index in [-0.39, 0.29) is 0 Å². The van der Waals surface area contributed by atoms with Crippen LogP contribution in [0.5, 0.6) is 0 Å². The SMILES string of the molecule is O=C(O)C(=O)N1CCC2(CCC2)C1. The van der Waals surface area contributed by atoms with Crippen molar-refractivity contribution >= 4 is 11.9 Å². The van der Waals surface area contributed by atoms with Crippen LogP contribution >= 0.6 is 0 Å². The van der Waals surface area contributed by atoms with Crippen LogP contribution in [0, 0.1) is 5.41 Å². The van der Waals surface area contributed by atoms with Crippen LogP contribution in [0.3, 0.4) is 0 Å². The molecule has 72 valence electrons. The van der Waals surface area contributed by atoms with Crippen molar-refractivity contribution in [1.82, 2.24) is 4.90 Å². The largest absolute Gasteiger partial charge is 0.474 e. The summed E-state index contributed by atoms with van der Waals surface area (Å²) in [6.07, 6.45) is 4.55. The molecule has 2 rings (SSSR count). The van der Waals surface area contributed by atoms with Gasteiger partial charge in [0.1, 0.15) is 0 Å². The van der Waals surface area contributed by atoms with E-state index < -0.39 is 11.9 Å². The molecule has 2 aliphatic rings. The van der Waals surface area contributed by atoms with Gasteiger partial charge in [-0.25, -0.2) is 4.79 Å². The molecule has 0 unspecified atom stereocenters. The first-order valence-electron chi connectivity index (χ1n) is 4.65. The Bertz CT molecular complexity index is 258. The summed E-state index contributed by atoms with van der Waals surface area (Å²) in [6.45, 7) is 1.29. The zero-order valence-electron chi connectivity index (χ0n) is 7.45. The fourth-order valence-electron chi connectivity index (χ4n) is 2.33. The van der Waals surface area contributed by atoms with E-state index in [1.54, 1.807) is 0 Å². The van der Waals surface area contributed by atoms with Crippen LogP contribution in [0.1, 0.15) is 25.7 Å². The van der Waals surface area contributed by atoms with Gasteiger partial charge in [-0.1, -0.05) is 6.42 Å². The fraction of sp³-hybridized carbons (Fsp3) is 0.778. The van der Waals surface area contributed by atoms with Gasteiger partial charge in [0.05, 0.1) is 0 Å². The highest BCUT2D eigenvalue weighted by molar-refractivity contribution is 6.31. The molecule has 1 aliphatic carbocycles. The van der Waals surface area contributed by atoms with Crippen LogP contribution < -0.4 is 0 Å². The molecule has 4 nitrogen and oxygen atoms in total. The zero-order valence-corrected chi connectivity index (χ0v) is 7.45. The number of nitrogens with zero attached hydrogens (tertiary/aromatic N) is 1. The Labute approximate surface area is 76.5 Å². The lowest BCUT2D eigenvalue weighted by Crippen LogP contribution is -2.38. The summed E-state index contributed by atoms with van der Waals surface area (Å²) in [7, 11) is 0. The third-order valence-corrected chi connectivity index (χ3v) is 3.32. The number of carboxylic acids is 1. The van der Waals surface area contributed by atoms with Crippen LogP contribution in [-0.2, 0) is 9.59 Å². The van der Waals surface area contributed by atoms with Gasteiger partial charge < -0.3 is 10.0 Å². The Morgan fingerprint density at radius 2 is 1.92 bits per heavy atom. The molecule has 0 aromatic carbocycles. The van der Waals surface area contributed by atoms with Crippen molar-refractivity contribution in [3.05, 3.63) is 0 Å². The van der Waals surface area contributed by atoms with Crippen molar-refractivity contribution in [2.75, 3.05) is 13.1 Å². The average Bonchev–Trinajstić information content (AvgIpc) is 2.45. The number of rotatable bonds is 0. The van der Waals surface area contributed by atoms with E-state index in [9.17, 15) is 9.59 Å². The van der Waals surface area contributed by atoms with Gasteiger partial charge in [-0.2, -0.15) is 0 Å². The molecule has 0 radical (unpaired) electrons. The summed E-state index contributed by atoms with van der Waals surface area (Å²) < 4.78 is 0. The van der Waals surface area contributed by atoms with E-state index in [0.29, 0.717) is 18.5 Å². The highest BCUT2D eigenvalue weighted by Gasteiger charge is 2.44. The molecule has 0 bridgehead atoms. The molecule has 0 aromatic heterocycles. The number of likely N-dealkylation sites (tertiary alicyclic amines) is 1. The van der Waals surface area contributed by atoms with Gasteiger partial charge >= 0.3 is 11.9 Å². The molecule has 1 saturated carbocycles. The summed E-state index contributed by atoms with van der Waals surface area (Å²) in [5, 5.41) is 8.51. The number of aliphatic carboxylic acids is 1. The van der Waals surface area contributed by atoms with E-state index in [4.69, 9.17) is 5.11 Å². The molecular weight excluding hydrogens is 170 g/mol. The van der Waals surface area contributed by atoms with Gasteiger partial charge in [0, 0.05) is 13.1 Å². The van der Waals surface area contributed by atoms with E-state index in [2.05, 4.69) is 0 Å². The van der Waals surface area contributed by atoms with E-state index in [1.165, 1.54) is 11.3 Å². The Morgan fingerprint density at radius 3 is 2.31 bits per heavy atom. The van der Waals surface area contributed by atoms with Crippen LogP contribution in [0.2, 0.25) is 0 Å². The van der Waals surface area contributed by atoms with Crippen molar-refractivity contribution < 1.29 is 14.7 Å². The molecule has 1 heterocycles. The van der Waals surface area contributed by atoms with Gasteiger partial charge in [0.2, 0.25) is 0 Å². The fourth-order valence-corrected chi connectivity index (χ4v) is 2.33. The van der Waals surface area contributed by atoms with Crippen molar-refractivity contribution in [3.8, 4) is 0 Å². The second kappa shape index (κ2) is 2.72. The molecule has 0 aromatic rings. The minimum Gasteiger partial charge on any atom is -0.474 e. The Balaban J connectivity index is 1.98. The maximum atomic E-state index is 11.1. The Hall–Kier alpha value is -1.06. The standard InChI is InChI=1S/C9H13NO3/c11-7(8(12)13)10-5-4-9(6-10)2-1-3-9/h1-6H2,(H,12,13). The quantitative estimate of drug-likeness (QED) is 0.555. The highest BCUT2D eigenvalue weighted by Crippen LogP contribution is 2.47. The van der Waals surface area contributed by atoms with Gasteiger partial charge in [0.15, 0.2) is 0 Å². The minimum absolute atomic E-state index is 0.297. The molecule has 2 fully saturated rings. The van der Waals surface area contributed by atoms with Crippen molar-refractivity contribution in [1.29, 1.82) is 0 Å². The summed E-state index contributed by atoms with van der Waals surface area (Å²) in [5.41, 5.74) is 0.297. The molecule has 1 N–H and O–H groups in total. The first-order chi connectivity index (χ1) is 6.13. The second-order valence-corrected chi connectivity index (χ2v) is 4.14. The molecular formula is C9H13NO3. The first kappa shape index (κ1) is 8.53. The van der Waals surface area contributed by atoms with Crippen molar-refractivity contribution in [2.24, 2.45) is 5.41 Å². The number of hydrogen-bond donors (Lipinski definition) is 1. The predicted molar refractivity (Wildman–Crippen MR) is 45.1 cm³/mol. The monoisotopic (exact) mass is 183 g/mol. The summed E-state index contributed by atoms with van der Waals surface area (Å²) in [4.78, 5) is 23.0. The molecule has 1 aliphatic heterocycles. The molecule has 13 heavy (non-hydrogen) atoms. The average molecular weight is 183 g/mol. The van der Waals surface area contributed by atoms with E-state index in [0.717, 1.165) is 19.3 Å². The number of carbonyl (C=O) groups is 2. The third-order valence-electron chi connectivity index (χ3n) is 3.32. The van der Waals surface area contributed by atoms with Gasteiger partial charge in [-0.15, -0.1) is 0 Å². The maximum Gasteiger partial charge on any atom is 0.394 e. The minimum atomic E-state index is -1.32. The molecule has 4 heteroatoms. The van der Waals surface area contributed by atoms with Crippen molar-refractivity contribution in [2.45, 2.75) is 25.7 Å². The second-order valence-electron chi connectivity index (χ2n) is 4.14. The van der Waals surface area contributed by atoms with E-state index >= 15 is 0 Å². The number of amides is 1. The number of carbonyl (C=O) groups excluding carboxylic acids is 1. The van der Waals surface area contributed by atoms with Gasteiger partial charge in [-0.05, 0) is 24.7 Å². The maximum absolute atomic E-state index is 11.1. The number of carboxylic acid groups (broad SMARTS) is 1. The first-order valence-corrected chi connectivity index (χ1v) is 4.65. The Morgan fingerprint density at radius 1 is 1.23 bits per heavy atom. The smallest absolute Gasteiger partial charge is 0.394 e. The third kappa shape index (κ3) is 1.30. The van der Waals surface area contributed by atoms with Crippen LogP contribution in [-0.4, -0.2) is 35.0 Å². The summed E-state index contributed by atoms with van der Waals surface area (Å²) in [6, 6.07) is 0. The van der Waals surface area contributed by atoms with Gasteiger partial charge in [-0.3, -0.25) is 4.79 Å². The number of hydrogen-bond acceptors (Lipinski definition) is 2. The molecule has 0 atom stereocenters. The molecule has 1 spiro atoms. The van der Waals surface area contributed by atoms with Crippen LogP contribution in [0.25, 0.3) is 0 Å². The predicted octanol–water partition coefficient (Wildman–Crippen LogP) is 0.474. The highest BCUT2D eigenvalue weighted by atomic mass is 16.4. The lowest BCUT2D eigenvalue weighted by Gasteiger charge is -2.37. The lowest BCUT2D eigenvalue weighted by molar-refractivity contribution is -0.155. The lowest BCUT2D eigenvalue weighted by atomic mass is 9.68. The Kier molecular flexibility index (Phi) is 1.78.